The number of ether oxygens (including phenoxy) is 1. The molecule has 0 atom stereocenters. The minimum atomic E-state index is -0.581. The Labute approximate surface area is 312 Å². The maximum Gasteiger partial charge on any atom is 0.251 e. The van der Waals surface area contributed by atoms with E-state index in [-0.39, 0.29) is 58.4 Å². The van der Waals surface area contributed by atoms with Crippen LogP contribution in [0, 0.1) is 11.6 Å². The Kier molecular flexibility index (Phi) is 13.0. The highest BCUT2D eigenvalue weighted by molar-refractivity contribution is 7.98. The van der Waals surface area contributed by atoms with E-state index in [0.29, 0.717) is 28.2 Å². The van der Waals surface area contributed by atoms with Crippen molar-refractivity contribution in [2.75, 3.05) is 59.5 Å². The quantitative estimate of drug-likeness (QED) is 0.181. The fourth-order valence-electron chi connectivity index (χ4n) is 6.50. The molecule has 4 heterocycles. The number of quaternary nitrogens is 1. The van der Waals surface area contributed by atoms with Crippen molar-refractivity contribution in [3.63, 3.8) is 0 Å². The number of hydrogen-bond acceptors (Lipinski definition) is 5. The first-order valence-corrected chi connectivity index (χ1v) is 17.4. The van der Waals surface area contributed by atoms with Gasteiger partial charge in [0, 0.05) is 52.6 Å². The Morgan fingerprint density at radius 1 is 1.02 bits per heavy atom. The molecule has 3 aliphatic rings. The van der Waals surface area contributed by atoms with Crippen LogP contribution in [0.5, 0.6) is 5.75 Å². The Hall–Kier alpha value is -2.57. The number of carbonyl (C=O) groups is 1. The van der Waals surface area contributed by atoms with E-state index in [1.54, 1.807) is 31.5 Å². The highest BCUT2D eigenvalue weighted by Crippen LogP contribution is 2.40. The van der Waals surface area contributed by atoms with Crippen LogP contribution in [-0.2, 0) is 11.2 Å². The Bertz CT molecular complexity index is 1750. The molecule has 0 aliphatic carbocycles. The summed E-state index contributed by atoms with van der Waals surface area (Å²) < 4.78 is 37.9. The van der Waals surface area contributed by atoms with Gasteiger partial charge in [-0.2, -0.15) is 0 Å². The average Bonchev–Trinajstić information content (AvgIpc) is 3.50. The van der Waals surface area contributed by atoms with Crippen LogP contribution in [0.15, 0.2) is 66.0 Å². The van der Waals surface area contributed by atoms with E-state index in [2.05, 4.69) is 24.1 Å². The van der Waals surface area contributed by atoms with E-state index in [4.69, 9.17) is 32.9 Å². The van der Waals surface area contributed by atoms with Crippen LogP contribution in [0.4, 0.5) is 8.78 Å². The van der Waals surface area contributed by atoms with E-state index >= 15 is 4.39 Å². The van der Waals surface area contributed by atoms with Gasteiger partial charge in [0.05, 0.1) is 56.7 Å². The molecule has 3 saturated heterocycles. The zero-order chi connectivity index (χ0) is 33.3. The summed E-state index contributed by atoms with van der Waals surface area (Å²) in [6.45, 7) is 12.2. The Balaban J connectivity index is 0.00000270. The number of carbonyl (C=O) groups excluding carboxylic acids is 1. The van der Waals surface area contributed by atoms with E-state index < -0.39 is 11.2 Å². The van der Waals surface area contributed by atoms with Gasteiger partial charge < -0.3 is 26.9 Å². The van der Waals surface area contributed by atoms with Crippen LogP contribution in [0.3, 0.4) is 0 Å². The summed E-state index contributed by atoms with van der Waals surface area (Å²) in [6.07, 6.45) is 1.77. The van der Waals surface area contributed by atoms with Crippen molar-refractivity contribution < 1.29 is 35.2 Å². The number of methoxy groups -OCH3 is 1. The predicted octanol–water partition coefficient (Wildman–Crippen LogP) is 4.39. The predicted molar refractivity (Wildman–Crippen MR) is 190 cm³/mol. The highest BCUT2D eigenvalue weighted by Gasteiger charge is 2.38. The molecule has 0 radical (unpaired) electrons. The van der Waals surface area contributed by atoms with Gasteiger partial charge in [-0.1, -0.05) is 54.9 Å². The van der Waals surface area contributed by atoms with Gasteiger partial charge in [-0.25, -0.2) is 13.8 Å². The SMILES string of the molecule is COc1cc(C(C)(C)c2cnc(SCc3c(F)cc(C(=O)NCC[N+]45CCN(CC4)CC5)cc3Cl)n2-c2ccc(F)cc2)ccc1Cl.Cl.[Cl-]. The molecule has 0 unspecified atom stereocenters. The number of amides is 1. The van der Waals surface area contributed by atoms with Crippen molar-refractivity contribution in [2.24, 2.45) is 0 Å². The van der Waals surface area contributed by atoms with Crippen molar-refractivity contribution in [1.82, 2.24) is 19.8 Å². The second-order valence-electron chi connectivity index (χ2n) is 12.8. The van der Waals surface area contributed by atoms with Crippen LogP contribution in [0.1, 0.15) is 41.0 Å². The van der Waals surface area contributed by atoms with Gasteiger partial charge in [0.15, 0.2) is 5.16 Å². The minimum Gasteiger partial charge on any atom is -1.00 e. The number of aromatic nitrogens is 2. The molecule has 0 saturated carbocycles. The van der Waals surface area contributed by atoms with E-state index in [0.717, 1.165) is 61.6 Å². The summed E-state index contributed by atoms with van der Waals surface area (Å²) in [5.74, 6) is -0.539. The van der Waals surface area contributed by atoms with Gasteiger partial charge >= 0.3 is 0 Å². The van der Waals surface area contributed by atoms with E-state index in [1.807, 2.05) is 16.7 Å². The second-order valence-corrected chi connectivity index (χ2v) is 14.5. The van der Waals surface area contributed by atoms with Gasteiger partial charge in [-0.05, 0) is 54.1 Å². The molecular weight excluding hydrogens is 734 g/mol. The summed E-state index contributed by atoms with van der Waals surface area (Å²) in [7, 11) is 1.57. The molecule has 49 heavy (non-hydrogen) atoms. The van der Waals surface area contributed by atoms with Gasteiger partial charge in [0.2, 0.25) is 0 Å². The first-order valence-electron chi connectivity index (χ1n) is 15.6. The lowest BCUT2D eigenvalue weighted by atomic mass is 9.81. The summed E-state index contributed by atoms with van der Waals surface area (Å²) in [4.78, 5) is 20.2. The van der Waals surface area contributed by atoms with Crippen molar-refractivity contribution in [2.45, 2.75) is 30.2 Å². The fraction of sp³-hybridized carbons (Fsp3) is 0.371. The number of imidazole rings is 1. The molecule has 3 aliphatic heterocycles. The van der Waals surface area contributed by atoms with Crippen molar-refractivity contribution >= 4 is 53.3 Å². The highest BCUT2D eigenvalue weighted by atomic mass is 35.5. The smallest absolute Gasteiger partial charge is 0.251 e. The van der Waals surface area contributed by atoms with Gasteiger partial charge in [0.25, 0.3) is 5.91 Å². The third-order valence-corrected chi connectivity index (χ3v) is 11.2. The number of hydrogen-bond donors (Lipinski definition) is 1. The fourth-order valence-corrected chi connectivity index (χ4v) is 8.07. The van der Waals surface area contributed by atoms with Crippen LogP contribution in [0.2, 0.25) is 10.0 Å². The number of nitrogens with zero attached hydrogens (tertiary/aromatic N) is 4. The van der Waals surface area contributed by atoms with E-state index in [9.17, 15) is 9.18 Å². The monoisotopic (exact) mass is 771 g/mol. The molecular formula is C35H39Cl4F2N5O2S. The zero-order valence-corrected chi connectivity index (χ0v) is 31.3. The van der Waals surface area contributed by atoms with Crippen LogP contribution in [0.25, 0.3) is 5.69 Å². The van der Waals surface area contributed by atoms with Crippen LogP contribution >= 0.6 is 47.4 Å². The minimum absolute atomic E-state index is 0. The number of thioether (sulfide) groups is 1. The van der Waals surface area contributed by atoms with Gasteiger partial charge in [-0.3, -0.25) is 14.3 Å². The molecule has 3 aromatic carbocycles. The third kappa shape index (κ3) is 8.33. The number of nitrogens with one attached hydrogen (secondary N) is 1. The first kappa shape index (κ1) is 39.2. The standard InChI is InChI=1S/C35H37Cl2F2N5O2S.2ClH/c1-35(2,24-4-9-28(36)31(20-24)46-3)32-21-41-34(43(32)26-7-5-25(38)6-8-26)47-22-27-29(37)18-23(19-30(27)39)33(45)40-10-14-44-15-11-42(12-16-44)13-17-44;;/h4-9,18-21H,10-17,22H2,1-3H3;2*1H. The normalized spacial score (nSPS) is 18.4. The molecule has 1 amide bonds. The molecule has 1 N–H and O–H groups in total. The van der Waals surface area contributed by atoms with E-state index in [1.165, 1.54) is 36.0 Å². The lowest BCUT2D eigenvalue weighted by Gasteiger charge is -2.50. The number of fused-ring (bicyclic) bond motifs is 3. The topological polar surface area (TPSA) is 59.4 Å². The molecule has 3 fully saturated rings. The molecule has 2 bridgehead atoms. The molecule has 0 spiro atoms. The lowest BCUT2D eigenvalue weighted by molar-refractivity contribution is -0.939. The maximum absolute atomic E-state index is 15.5. The third-order valence-electron chi connectivity index (χ3n) is 9.62. The largest absolute Gasteiger partial charge is 1.00 e. The number of benzene rings is 3. The Morgan fingerprint density at radius 3 is 2.33 bits per heavy atom. The maximum atomic E-state index is 15.5. The Morgan fingerprint density at radius 2 is 1.69 bits per heavy atom. The zero-order valence-electron chi connectivity index (χ0n) is 27.4. The molecule has 7 nitrogen and oxygen atoms in total. The van der Waals surface area contributed by atoms with Crippen LogP contribution < -0.4 is 22.5 Å². The molecule has 14 heteroatoms. The van der Waals surface area contributed by atoms with Crippen LogP contribution in [-0.4, -0.2) is 84.3 Å². The van der Waals surface area contributed by atoms with Crippen molar-refractivity contribution in [3.05, 3.63) is 105 Å². The first-order chi connectivity index (χ1) is 22.5. The lowest BCUT2D eigenvalue weighted by Crippen LogP contribution is -3.00. The summed E-state index contributed by atoms with van der Waals surface area (Å²) in [5.41, 5.74) is 2.35. The number of piperazine rings is 3. The van der Waals surface area contributed by atoms with Gasteiger partial charge in [0.1, 0.15) is 17.4 Å². The molecule has 7 rings (SSSR count). The van der Waals surface area contributed by atoms with Gasteiger partial charge in [-0.15, -0.1) is 12.4 Å². The molecule has 4 aromatic rings. The molecule has 1 aromatic heterocycles. The molecule has 264 valence electrons. The summed E-state index contributed by atoms with van der Waals surface area (Å²) >= 11 is 14.2. The van der Waals surface area contributed by atoms with Crippen molar-refractivity contribution in [1.29, 1.82) is 0 Å². The summed E-state index contributed by atoms with van der Waals surface area (Å²) in [5, 5.41) is 4.22. The number of halogens is 6. The summed E-state index contributed by atoms with van der Waals surface area (Å²) in [6, 6.07) is 14.5. The van der Waals surface area contributed by atoms with Crippen molar-refractivity contribution in [3.8, 4) is 11.4 Å². The number of rotatable bonds is 11. The average molecular weight is 774 g/mol. The second kappa shape index (κ2) is 16.2.